The standard InChI is InChI=1S/C16H16N2O2/c1-19-13-7-12(8-14(9-13)20-2)16-15-6-4-3-5-11(15)10-17-18-16/h3-10,16,18H,1-2H3. The summed E-state index contributed by atoms with van der Waals surface area (Å²) in [5, 5.41) is 4.23. The molecule has 2 aromatic rings. The zero-order valence-electron chi connectivity index (χ0n) is 11.5. The Bertz CT molecular complexity index is 630. The minimum atomic E-state index is 0.000185. The van der Waals surface area contributed by atoms with E-state index in [2.05, 4.69) is 22.7 Å². The van der Waals surface area contributed by atoms with Crippen LogP contribution in [0.4, 0.5) is 0 Å². The lowest BCUT2D eigenvalue weighted by Gasteiger charge is -2.23. The second-order valence-electron chi connectivity index (χ2n) is 4.60. The molecule has 0 radical (unpaired) electrons. The van der Waals surface area contributed by atoms with E-state index >= 15 is 0 Å². The van der Waals surface area contributed by atoms with Crippen LogP contribution in [0.25, 0.3) is 0 Å². The van der Waals surface area contributed by atoms with Gasteiger partial charge in [0.15, 0.2) is 0 Å². The molecule has 1 aliphatic rings. The zero-order chi connectivity index (χ0) is 13.9. The highest BCUT2D eigenvalue weighted by Crippen LogP contribution is 2.32. The van der Waals surface area contributed by atoms with E-state index in [9.17, 15) is 0 Å². The summed E-state index contributed by atoms with van der Waals surface area (Å²) in [6.45, 7) is 0. The van der Waals surface area contributed by atoms with E-state index in [1.165, 1.54) is 5.56 Å². The Labute approximate surface area is 118 Å². The van der Waals surface area contributed by atoms with Crippen LogP contribution in [-0.4, -0.2) is 20.4 Å². The van der Waals surface area contributed by atoms with Gasteiger partial charge in [0.2, 0.25) is 0 Å². The summed E-state index contributed by atoms with van der Waals surface area (Å²) < 4.78 is 10.7. The van der Waals surface area contributed by atoms with Crippen molar-refractivity contribution in [2.24, 2.45) is 5.10 Å². The first-order valence-corrected chi connectivity index (χ1v) is 6.42. The molecule has 0 fully saturated rings. The Morgan fingerprint density at radius 1 is 1.00 bits per heavy atom. The van der Waals surface area contributed by atoms with E-state index < -0.39 is 0 Å². The second-order valence-corrected chi connectivity index (χ2v) is 4.60. The molecule has 102 valence electrons. The third-order valence-corrected chi connectivity index (χ3v) is 3.42. The number of hydrogen-bond acceptors (Lipinski definition) is 4. The summed E-state index contributed by atoms with van der Waals surface area (Å²) in [7, 11) is 3.30. The molecular formula is C16H16N2O2. The topological polar surface area (TPSA) is 42.9 Å². The summed E-state index contributed by atoms with van der Waals surface area (Å²) in [4.78, 5) is 0. The molecule has 1 unspecified atom stereocenters. The van der Waals surface area contributed by atoms with Crippen molar-refractivity contribution in [2.75, 3.05) is 14.2 Å². The Morgan fingerprint density at radius 3 is 2.40 bits per heavy atom. The van der Waals surface area contributed by atoms with Crippen molar-refractivity contribution in [1.82, 2.24) is 5.43 Å². The van der Waals surface area contributed by atoms with Gasteiger partial charge < -0.3 is 9.47 Å². The maximum absolute atomic E-state index is 5.33. The van der Waals surface area contributed by atoms with Crippen molar-refractivity contribution < 1.29 is 9.47 Å². The van der Waals surface area contributed by atoms with Crippen molar-refractivity contribution in [3.63, 3.8) is 0 Å². The molecule has 0 aromatic heterocycles. The van der Waals surface area contributed by atoms with Crippen LogP contribution in [-0.2, 0) is 0 Å². The van der Waals surface area contributed by atoms with Crippen LogP contribution in [0.1, 0.15) is 22.7 Å². The van der Waals surface area contributed by atoms with Crippen LogP contribution >= 0.6 is 0 Å². The zero-order valence-corrected chi connectivity index (χ0v) is 11.5. The molecule has 1 N–H and O–H groups in total. The van der Waals surface area contributed by atoms with E-state index in [1.54, 1.807) is 14.2 Å². The van der Waals surface area contributed by atoms with Gasteiger partial charge in [0.05, 0.1) is 26.5 Å². The fourth-order valence-electron chi connectivity index (χ4n) is 2.39. The van der Waals surface area contributed by atoms with Gasteiger partial charge in [-0.3, -0.25) is 5.43 Å². The molecular weight excluding hydrogens is 252 g/mol. The maximum Gasteiger partial charge on any atom is 0.122 e. The fraction of sp³-hybridized carbons (Fsp3) is 0.188. The predicted molar refractivity (Wildman–Crippen MR) is 78.6 cm³/mol. The van der Waals surface area contributed by atoms with Crippen molar-refractivity contribution in [3.05, 3.63) is 59.2 Å². The predicted octanol–water partition coefficient (Wildman–Crippen LogP) is 2.73. The second kappa shape index (κ2) is 5.25. The van der Waals surface area contributed by atoms with Gasteiger partial charge in [-0.2, -0.15) is 5.10 Å². The Morgan fingerprint density at radius 2 is 1.70 bits per heavy atom. The lowest BCUT2D eigenvalue weighted by Crippen LogP contribution is -2.22. The molecule has 0 aliphatic carbocycles. The number of hydrazone groups is 1. The van der Waals surface area contributed by atoms with E-state index in [0.29, 0.717) is 0 Å². The number of benzene rings is 2. The Balaban J connectivity index is 2.07. The molecule has 4 heteroatoms. The van der Waals surface area contributed by atoms with Crippen LogP contribution < -0.4 is 14.9 Å². The van der Waals surface area contributed by atoms with Crippen LogP contribution in [0.5, 0.6) is 11.5 Å². The normalized spacial score (nSPS) is 16.2. The number of rotatable bonds is 3. The van der Waals surface area contributed by atoms with Gasteiger partial charge in [0.25, 0.3) is 0 Å². The molecule has 1 aliphatic heterocycles. The lowest BCUT2D eigenvalue weighted by atomic mass is 9.94. The number of methoxy groups -OCH3 is 2. The first-order chi connectivity index (χ1) is 9.81. The molecule has 20 heavy (non-hydrogen) atoms. The molecule has 3 rings (SSSR count). The minimum absolute atomic E-state index is 0.000185. The van der Waals surface area contributed by atoms with Gasteiger partial charge in [-0.15, -0.1) is 0 Å². The Hall–Kier alpha value is -2.49. The van der Waals surface area contributed by atoms with Crippen molar-refractivity contribution in [3.8, 4) is 11.5 Å². The molecule has 0 amide bonds. The Kier molecular flexibility index (Phi) is 3.29. The summed E-state index contributed by atoms with van der Waals surface area (Å²) in [6.07, 6.45) is 1.84. The van der Waals surface area contributed by atoms with E-state index in [4.69, 9.17) is 9.47 Å². The molecule has 1 heterocycles. The first kappa shape index (κ1) is 12.5. The lowest BCUT2D eigenvalue weighted by molar-refractivity contribution is 0.392. The smallest absolute Gasteiger partial charge is 0.122 e. The molecule has 2 aromatic carbocycles. The number of nitrogens with zero attached hydrogens (tertiary/aromatic N) is 1. The van der Waals surface area contributed by atoms with Crippen LogP contribution in [0.3, 0.4) is 0 Å². The highest BCUT2D eigenvalue weighted by Gasteiger charge is 2.20. The molecule has 0 bridgehead atoms. The summed E-state index contributed by atoms with van der Waals surface area (Å²) in [5.74, 6) is 1.54. The van der Waals surface area contributed by atoms with E-state index in [0.717, 1.165) is 22.6 Å². The minimum Gasteiger partial charge on any atom is -0.497 e. The van der Waals surface area contributed by atoms with E-state index in [1.807, 2.05) is 36.5 Å². The van der Waals surface area contributed by atoms with Gasteiger partial charge in [-0.1, -0.05) is 24.3 Å². The average molecular weight is 268 g/mol. The monoisotopic (exact) mass is 268 g/mol. The SMILES string of the molecule is COc1cc(OC)cc(C2NN=Cc3ccccc32)c1. The first-order valence-electron chi connectivity index (χ1n) is 6.42. The summed E-state index contributed by atoms with van der Waals surface area (Å²) >= 11 is 0. The highest BCUT2D eigenvalue weighted by molar-refractivity contribution is 5.83. The molecule has 0 spiro atoms. The quantitative estimate of drug-likeness (QED) is 0.930. The number of ether oxygens (including phenoxy) is 2. The summed E-state index contributed by atoms with van der Waals surface area (Å²) in [6, 6.07) is 14.1. The van der Waals surface area contributed by atoms with Gasteiger partial charge in [-0.05, 0) is 23.3 Å². The number of fused-ring (bicyclic) bond motifs is 1. The van der Waals surface area contributed by atoms with Gasteiger partial charge in [0.1, 0.15) is 11.5 Å². The third-order valence-electron chi connectivity index (χ3n) is 3.42. The van der Waals surface area contributed by atoms with E-state index in [-0.39, 0.29) is 6.04 Å². The highest BCUT2D eigenvalue weighted by atomic mass is 16.5. The van der Waals surface area contributed by atoms with Crippen LogP contribution in [0, 0.1) is 0 Å². The molecule has 0 saturated carbocycles. The maximum atomic E-state index is 5.33. The molecule has 4 nitrogen and oxygen atoms in total. The summed E-state index contributed by atoms with van der Waals surface area (Å²) in [5.41, 5.74) is 6.53. The van der Waals surface area contributed by atoms with Crippen molar-refractivity contribution >= 4 is 6.21 Å². The van der Waals surface area contributed by atoms with Gasteiger partial charge in [0, 0.05) is 11.6 Å². The van der Waals surface area contributed by atoms with Crippen LogP contribution in [0.15, 0.2) is 47.6 Å². The molecule has 0 saturated heterocycles. The van der Waals surface area contributed by atoms with Crippen molar-refractivity contribution in [2.45, 2.75) is 6.04 Å². The van der Waals surface area contributed by atoms with Gasteiger partial charge in [-0.25, -0.2) is 0 Å². The van der Waals surface area contributed by atoms with Crippen molar-refractivity contribution in [1.29, 1.82) is 0 Å². The number of nitrogens with one attached hydrogen (secondary N) is 1. The average Bonchev–Trinajstić information content (AvgIpc) is 2.53. The number of hydrogen-bond donors (Lipinski definition) is 1. The third kappa shape index (κ3) is 2.20. The largest absolute Gasteiger partial charge is 0.497 e. The van der Waals surface area contributed by atoms with Crippen LogP contribution in [0.2, 0.25) is 0 Å². The van der Waals surface area contributed by atoms with Gasteiger partial charge >= 0.3 is 0 Å². The molecule has 1 atom stereocenters. The fourth-order valence-corrected chi connectivity index (χ4v) is 2.39.